The quantitative estimate of drug-likeness (QED) is 0.783. The average molecular weight is 427 g/mol. The van der Waals surface area contributed by atoms with Crippen molar-refractivity contribution < 1.29 is 27.8 Å². The minimum absolute atomic E-state index is 0.121. The minimum Gasteiger partial charge on any atom is -0.395 e. The van der Waals surface area contributed by atoms with Crippen LogP contribution in [0.4, 0.5) is 14.5 Å². The highest BCUT2D eigenvalue weighted by atomic mass is 79.9. The predicted molar refractivity (Wildman–Crippen MR) is 92.3 cm³/mol. The number of hydrogen-bond acceptors (Lipinski definition) is 4. The van der Waals surface area contributed by atoms with Gasteiger partial charge in [0.25, 0.3) is 5.91 Å². The third kappa shape index (κ3) is 4.10. The zero-order valence-electron chi connectivity index (χ0n) is 13.4. The van der Waals surface area contributed by atoms with Gasteiger partial charge in [-0.1, -0.05) is 15.9 Å². The Balaban J connectivity index is 1.61. The first-order valence-electron chi connectivity index (χ1n) is 7.51. The molecule has 1 heterocycles. The van der Waals surface area contributed by atoms with E-state index in [4.69, 9.17) is 0 Å². The molecule has 1 atom stereocenters. The Bertz CT molecular complexity index is 858. The zero-order valence-corrected chi connectivity index (χ0v) is 15.0. The highest BCUT2D eigenvalue weighted by Crippen LogP contribution is 2.42. The number of anilines is 1. The van der Waals surface area contributed by atoms with Gasteiger partial charge in [0.05, 0.1) is 0 Å². The van der Waals surface area contributed by atoms with Crippen LogP contribution in [0.3, 0.4) is 0 Å². The molecule has 136 valence electrons. The molecule has 6 nitrogen and oxygen atoms in total. The Hall–Kier alpha value is -2.68. The highest BCUT2D eigenvalue weighted by molar-refractivity contribution is 9.10. The Labute approximate surface area is 155 Å². The van der Waals surface area contributed by atoms with Crippen LogP contribution in [0.15, 0.2) is 46.9 Å². The van der Waals surface area contributed by atoms with E-state index in [9.17, 15) is 18.4 Å². The van der Waals surface area contributed by atoms with Crippen LogP contribution in [0.25, 0.3) is 0 Å². The monoisotopic (exact) mass is 426 g/mol. The molecule has 1 aliphatic rings. The first-order valence-corrected chi connectivity index (χ1v) is 8.30. The van der Waals surface area contributed by atoms with E-state index in [2.05, 4.69) is 36.0 Å². The van der Waals surface area contributed by atoms with Crippen LogP contribution < -0.4 is 20.1 Å². The van der Waals surface area contributed by atoms with Gasteiger partial charge in [-0.05, 0) is 43.3 Å². The fourth-order valence-electron chi connectivity index (χ4n) is 2.22. The van der Waals surface area contributed by atoms with Gasteiger partial charge in [0, 0.05) is 21.8 Å². The Kier molecular flexibility index (Phi) is 4.82. The van der Waals surface area contributed by atoms with Crippen LogP contribution in [0.2, 0.25) is 0 Å². The number of hydrogen-bond donors (Lipinski definition) is 2. The fraction of sp³-hybridized carbons (Fsp3) is 0.176. The summed E-state index contributed by atoms with van der Waals surface area (Å²) in [5, 5.41) is 5.08. The molecular weight excluding hydrogens is 414 g/mol. The maximum atomic E-state index is 13.0. The molecule has 26 heavy (non-hydrogen) atoms. The maximum absolute atomic E-state index is 13.0. The van der Waals surface area contributed by atoms with Crippen molar-refractivity contribution in [3.8, 4) is 11.5 Å². The van der Waals surface area contributed by atoms with Crippen LogP contribution in [0.5, 0.6) is 11.5 Å². The Morgan fingerprint density at radius 2 is 1.73 bits per heavy atom. The molecule has 2 aromatic rings. The second-order valence-electron chi connectivity index (χ2n) is 5.52. The van der Waals surface area contributed by atoms with Crippen LogP contribution in [-0.2, 0) is 4.79 Å². The summed E-state index contributed by atoms with van der Waals surface area (Å²) in [5.41, 5.74) is 0.637. The van der Waals surface area contributed by atoms with Crippen molar-refractivity contribution in [2.24, 2.45) is 0 Å². The van der Waals surface area contributed by atoms with E-state index in [1.54, 1.807) is 24.3 Å². The van der Waals surface area contributed by atoms with Gasteiger partial charge in [-0.3, -0.25) is 9.59 Å². The molecule has 0 radical (unpaired) electrons. The van der Waals surface area contributed by atoms with Crippen LogP contribution in [0, 0.1) is 0 Å². The van der Waals surface area contributed by atoms with E-state index in [1.165, 1.54) is 25.1 Å². The third-order valence-corrected chi connectivity index (χ3v) is 4.04. The third-order valence-electron chi connectivity index (χ3n) is 3.52. The summed E-state index contributed by atoms with van der Waals surface area (Å²) in [4.78, 5) is 24.3. The van der Waals surface area contributed by atoms with Gasteiger partial charge in [-0.25, -0.2) is 0 Å². The van der Waals surface area contributed by atoms with Gasteiger partial charge in [-0.2, -0.15) is 0 Å². The molecule has 1 unspecified atom stereocenters. The summed E-state index contributed by atoms with van der Waals surface area (Å²) in [6, 6.07) is 9.67. The first kappa shape index (κ1) is 18.1. The van der Waals surface area contributed by atoms with Gasteiger partial charge in [0.2, 0.25) is 5.91 Å². The first-order chi connectivity index (χ1) is 12.2. The number of carbonyl (C=O) groups is 2. The molecule has 0 saturated heterocycles. The predicted octanol–water partition coefficient (Wildman–Crippen LogP) is 3.53. The molecular formula is C17H13BrF2N2O4. The van der Waals surface area contributed by atoms with Crippen molar-refractivity contribution in [2.75, 3.05) is 5.32 Å². The number of benzene rings is 2. The summed E-state index contributed by atoms with van der Waals surface area (Å²) in [7, 11) is 0. The van der Waals surface area contributed by atoms with Crippen molar-refractivity contribution in [2.45, 2.75) is 19.3 Å². The van der Waals surface area contributed by atoms with E-state index in [0.717, 1.165) is 4.47 Å². The van der Waals surface area contributed by atoms with Gasteiger partial charge in [-0.15, -0.1) is 8.78 Å². The number of alkyl halides is 2. The molecule has 2 amide bonds. The number of nitrogens with one attached hydrogen (secondary N) is 2. The number of rotatable bonds is 4. The lowest BCUT2D eigenvalue weighted by molar-refractivity contribution is -0.286. The molecule has 2 N–H and O–H groups in total. The van der Waals surface area contributed by atoms with Crippen LogP contribution in [0.1, 0.15) is 17.3 Å². The zero-order chi connectivity index (χ0) is 18.9. The minimum atomic E-state index is -3.73. The van der Waals surface area contributed by atoms with Crippen molar-refractivity contribution >= 4 is 33.4 Å². The SMILES string of the molecule is CC(NC(=O)c1ccc(Br)cc1)C(=O)Nc1ccc2c(c1)OC(F)(F)O2. The fourth-order valence-corrected chi connectivity index (χ4v) is 2.49. The molecule has 9 heteroatoms. The van der Waals surface area contributed by atoms with E-state index in [-0.39, 0.29) is 17.2 Å². The second kappa shape index (κ2) is 6.91. The largest absolute Gasteiger partial charge is 0.586 e. The summed E-state index contributed by atoms with van der Waals surface area (Å²) < 4.78 is 35.5. The summed E-state index contributed by atoms with van der Waals surface area (Å²) >= 11 is 3.27. The lowest BCUT2D eigenvalue weighted by Crippen LogP contribution is -2.41. The normalized spacial score (nSPS) is 15.2. The van der Waals surface area contributed by atoms with Gasteiger partial charge >= 0.3 is 6.29 Å². The van der Waals surface area contributed by atoms with Crippen molar-refractivity contribution in [1.29, 1.82) is 0 Å². The highest BCUT2D eigenvalue weighted by Gasteiger charge is 2.43. The topological polar surface area (TPSA) is 76.7 Å². The van der Waals surface area contributed by atoms with E-state index in [0.29, 0.717) is 5.56 Å². The van der Waals surface area contributed by atoms with Crippen LogP contribution >= 0.6 is 15.9 Å². The van der Waals surface area contributed by atoms with Crippen LogP contribution in [-0.4, -0.2) is 24.2 Å². The molecule has 0 fully saturated rings. The Morgan fingerprint density at radius 3 is 2.42 bits per heavy atom. The van der Waals surface area contributed by atoms with Gasteiger partial charge in [0.15, 0.2) is 11.5 Å². The van der Waals surface area contributed by atoms with E-state index >= 15 is 0 Å². The second-order valence-corrected chi connectivity index (χ2v) is 6.44. The summed E-state index contributed by atoms with van der Waals surface area (Å²) in [5.74, 6) is -1.23. The smallest absolute Gasteiger partial charge is 0.395 e. The van der Waals surface area contributed by atoms with Gasteiger partial charge in [0.1, 0.15) is 6.04 Å². The van der Waals surface area contributed by atoms with Gasteiger partial charge < -0.3 is 20.1 Å². The molecule has 0 aromatic heterocycles. The number of carbonyl (C=O) groups excluding carboxylic acids is 2. The number of fused-ring (bicyclic) bond motifs is 1. The number of halogens is 3. The lowest BCUT2D eigenvalue weighted by Gasteiger charge is -2.14. The molecule has 2 aromatic carbocycles. The molecule has 3 rings (SSSR count). The summed E-state index contributed by atoms with van der Waals surface area (Å²) in [6.45, 7) is 1.51. The standard InChI is InChI=1S/C17H13BrF2N2O4/c1-9(21-16(24)10-2-4-11(18)5-3-10)15(23)22-12-6-7-13-14(8-12)26-17(19,20)25-13/h2-9H,1H3,(H,21,24)(H,22,23). The lowest BCUT2D eigenvalue weighted by atomic mass is 10.2. The molecule has 0 aliphatic carbocycles. The number of ether oxygens (including phenoxy) is 2. The maximum Gasteiger partial charge on any atom is 0.586 e. The molecule has 0 bridgehead atoms. The van der Waals surface area contributed by atoms with Crippen molar-refractivity contribution in [3.63, 3.8) is 0 Å². The molecule has 1 aliphatic heterocycles. The van der Waals surface area contributed by atoms with E-state index < -0.39 is 24.2 Å². The number of amides is 2. The molecule has 0 saturated carbocycles. The van der Waals surface area contributed by atoms with E-state index in [1.807, 2.05) is 0 Å². The Morgan fingerprint density at radius 1 is 1.08 bits per heavy atom. The summed E-state index contributed by atoms with van der Waals surface area (Å²) in [6.07, 6.45) is -3.73. The average Bonchev–Trinajstić information content (AvgIpc) is 2.88. The van der Waals surface area contributed by atoms with Crippen molar-refractivity contribution in [1.82, 2.24) is 5.32 Å². The molecule has 0 spiro atoms. The van der Waals surface area contributed by atoms with Crippen molar-refractivity contribution in [3.05, 3.63) is 52.5 Å².